The Morgan fingerprint density at radius 3 is 2.65 bits per heavy atom. The van der Waals surface area contributed by atoms with Crippen LogP contribution in [0.5, 0.6) is 5.75 Å². The second-order valence-corrected chi connectivity index (χ2v) is 4.83. The predicted octanol–water partition coefficient (Wildman–Crippen LogP) is 3.76. The van der Waals surface area contributed by atoms with E-state index in [0.29, 0.717) is 5.56 Å². The number of nitrogens with two attached hydrogens (primary N) is 1. The maximum atomic E-state index is 13.7. The maximum absolute atomic E-state index is 13.7. The Bertz CT molecular complexity index is 698. The highest BCUT2D eigenvalue weighted by molar-refractivity contribution is 9.10. The molecule has 0 saturated heterocycles. The van der Waals surface area contributed by atoms with Crippen LogP contribution in [0.25, 0.3) is 0 Å². The van der Waals surface area contributed by atoms with Crippen LogP contribution in [0.4, 0.5) is 14.5 Å². The first-order valence-corrected chi connectivity index (χ1v) is 6.37. The number of ether oxygens (including phenoxy) is 1. The SMILES string of the molecule is N#Cc1ccc(OCc2c(F)ccc(Br)c2F)c(N)c1. The molecule has 20 heavy (non-hydrogen) atoms. The molecule has 0 aliphatic carbocycles. The van der Waals surface area contributed by atoms with Gasteiger partial charge in [0.1, 0.15) is 24.0 Å². The average Bonchev–Trinajstić information content (AvgIpc) is 2.44. The molecular weight excluding hydrogens is 330 g/mol. The van der Waals surface area contributed by atoms with Crippen molar-refractivity contribution in [2.24, 2.45) is 0 Å². The average molecular weight is 339 g/mol. The Morgan fingerprint density at radius 2 is 2.00 bits per heavy atom. The number of nitriles is 1. The van der Waals surface area contributed by atoms with E-state index in [9.17, 15) is 8.78 Å². The van der Waals surface area contributed by atoms with Gasteiger partial charge in [-0.2, -0.15) is 5.26 Å². The summed E-state index contributed by atoms with van der Waals surface area (Å²) in [5, 5.41) is 8.71. The topological polar surface area (TPSA) is 59.0 Å². The number of rotatable bonds is 3. The van der Waals surface area contributed by atoms with Crippen LogP contribution in [0.3, 0.4) is 0 Å². The predicted molar refractivity (Wildman–Crippen MR) is 74.0 cm³/mol. The van der Waals surface area contributed by atoms with Crippen molar-refractivity contribution in [2.45, 2.75) is 6.61 Å². The van der Waals surface area contributed by atoms with Crippen LogP contribution in [-0.2, 0) is 6.61 Å². The molecule has 0 fully saturated rings. The van der Waals surface area contributed by atoms with E-state index < -0.39 is 11.6 Å². The first-order chi connectivity index (χ1) is 9.52. The molecule has 2 aromatic rings. The van der Waals surface area contributed by atoms with Crippen molar-refractivity contribution in [1.82, 2.24) is 0 Å². The third-order valence-electron chi connectivity index (χ3n) is 2.65. The van der Waals surface area contributed by atoms with Crippen molar-refractivity contribution in [3.63, 3.8) is 0 Å². The van der Waals surface area contributed by atoms with Gasteiger partial charge in [-0.15, -0.1) is 0 Å². The van der Waals surface area contributed by atoms with E-state index in [1.807, 2.05) is 6.07 Å². The van der Waals surface area contributed by atoms with E-state index >= 15 is 0 Å². The normalized spacial score (nSPS) is 10.1. The summed E-state index contributed by atoms with van der Waals surface area (Å²) >= 11 is 2.98. The highest BCUT2D eigenvalue weighted by atomic mass is 79.9. The molecule has 0 heterocycles. The summed E-state index contributed by atoms with van der Waals surface area (Å²) in [4.78, 5) is 0. The van der Waals surface area contributed by atoms with E-state index in [4.69, 9.17) is 15.7 Å². The van der Waals surface area contributed by atoms with Gasteiger partial charge in [-0.3, -0.25) is 0 Å². The molecule has 3 nitrogen and oxygen atoms in total. The lowest BCUT2D eigenvalue weighted by Gasteiger charge is -2.11. The molecule has 0 aliphatic heterocycles. The summed E-state index contributed by atoms with van der Waals surface area (Å²) in [5.74, 6) is -1.14. The molecule has 2 rings (SSSR count). The zero-order chi connectivity index (χ0) is 14.7. The third-order valence-corrected chi connectivity index (χ3v) is 3.26. The van der Waals surface area contributed by atoms with Gasteiger partial charge in [0.15, 0.2) is 0 Å². The minimum Gasteiger partial charge on any atom is -0.487 e. The van der Waals surface area contributed by atoms with Crippen molar-refractivity contribution < 1.29 is 13.5 Å². The maximum Gasteiger partial charge on any atom is 0.146 e. The Morgan fingerprint density at radius 1 is 1.25 bits per heavy atom. The highest BCUT2D eigenvalue weighted by Gasteiger charge is 2.13. The summed E-state index contributed by atoms with van der Waals surface area (Å²) < 4.78 is 32.7. The molecular formula is C14H9BrF2N2O. The number of hydrogen-bond donors (Lipinski definition) is 1. The molecule has 2 N–H and O–H groups in total. The molecule has 0 aliphatic rings. The van der Waals surface area contributed by atoms with Crippen molar-refractivity contribution >= 4 is 21.6 Å². The fraction of sp³-hybridized carbons (Fsp3) is 0.0714. The smallest absolute Gasteiger partial charge is 0.146 e. The number of nitrogens with zero attached hydrogens (tertiary/aromatic N) is 1. The summed E-state index contributed by atoms with van der Waals surface area (Å²) in [6, 6.07) is 8.80. The second-order valence-electron chi connectivity index (χ2n) is 3.97. The Balaban J connectivity index is 2.22. The minimum atomic E-state index is -0.711. The standard InChI is InChI=1S/C14H9BrF2N2O/c15-10-2-3-11(16)9(14(10)17)7-20-13-4-1-8(6-18)5-12(13)19/h1-5H,7,19H2. The van der Waals surface area contributed by atoms with E-state index in [2.05, 4.69) is 15.9 Å². The second kappa shape index (κ2) is 5.88. The monoisotopic (exact) mass is 338 g/mol. The third kappa shape index (κ3) is 2.89. The van der Waals surface area contributed by atoms with E-state index in [-0.39, 0.29) is 28.1 Å². The van der Waals surface area contributed by atoms with Crippen LogP contribution in [-0.4, -0.2) is 0 Å². The Hall–Kier alpha value is -2.13. The van der Waals surface area contributed by atoms with Crippen LogP contribution in [0.15, 0.2) is 34.8 Å². The van der Waals surface area contributed by atoms with Gasteiger partial charge in [-0.1, -0.05) is 0 Å². The van der Waals surface area contributed by atoms with Gasteiger partial charge >= 0.3 is 0 Å². The zero-order valence-corrected chi connectivity index (χ0v) is 11.7. The lowest BCUT2D eigenvalue weighted by Crippen LogP contribution is -2.04. The molecule has 102 valence electrons. The van der Waals surface area contributed by atoms with E-state index in [0.717, 1.165) is 6.07 Å². The molecule has 0 aromatic heterocycles. The number of nitrogen functional groups attached to an aromatic ring is 1. The van der Waals surface area contributed by atoms with E-state index in [1.165, 1.54) is 24.3 Å². The largest absolute Gasteiger partial charge is 0.487 e. The fourth-order valence-corrected chi connectivity index (χ4v) is 1.97. The summed E-state index contributed by atoms with van der Waals surface area (Å²) in [5.41, 5.74) is 6.12. The van der Waals surface area contributed by atoms with Gasteiger partial charge in [0.25, 0.3) is 0 Å². The molecule has 0 spiro atoms. The first-order valence-electron chi connectivity index (χ1n) is 5.57. The molecule has 0 unspecified atom stereocenters. The van der Waals surface area contributed by atoms with Gasteiger partial charge < -0.3 is 10.5 Å². The van der Waals surface area contributed by atoms with Gasteiger partial charge in [0, 0.05) is 0 Å². The Kier molecular flexibility index (Phi) is 4.20. The molecule has 0 saturated carbocycles. The van der Waals surface area contributed by atoms with Crippen molar-refractivity contribution in [1.29, 1.82) is 5.26 Å². The fourth-order valence-electron chi connectivity index (χ4n) is 1.60. The van der Waals surface area contributed by atoms with Gasteiger partial charge in [-0.05, 0) is 46.3 Å². The molecule has 0 bridgehead atoms. The minimum absolute atomic E-state index is 0.158. The molecule has 0 radical (unpaired) electrons. The van der Waals surface area contributed by atoms with Crippen LogP contribution in [0.1, 0.15) is 11.1 Å². The van der Waals surface area contributed by atoms with E-state index in [1.54, 1.807) is 0 Å². The van der Waals surface area contributed by atoms with Crippen molar-refractivity contribution in [3.8, 4) is 11.8 Å². The summed E-state index contributed by atoms with van der Waals surface area (Å²) in [7, 11) is 0. The summed E-state index contributed by atoms with van der Waals surface area (Å²) in [6.45, 7) is -0.298. The molecule has 2 aromatic carbocycles. The van der Waals surface area contributed by atoms with Gasteiger partial charge in [0.05, 0.1) is 27.4 Å². The number of anilines is 1. The number of benzene rings is 2. The van der Waals surface area contributed by atoms with Crippen LogP contribution >= 0.6 is 15.9 Å². The zero-order valence-electron chi connectivity index (χ0n) is 10.2. The van der Waals surface area contributed by atoms with Gasteiger partial charge in [0.2, 0.25) is 0 Å². The van der Waals surface area contributed by atoms with Crippen molar-refractivity contribution in [3.05, 3.63) is 57.6 Å². The first kappa shape index (κ1) is 14.3. The van der Waals surface area contributed by atoms with Crippen LogP contribution in [0, 0.1) is 23.0 Å². The molecule has 0 amide bonds. The molecule has 0 atom stereocenters. The molecule has 6 heteroatoms. The Labute approximate surface area is 122 Å². The van der Waals surface area contributed by atoms with Gasteiger partial charge in [-0.25, -0.2) is 8.78 Å². The summed E-state index contributed by atoms with van der Waals surface area (Å²) in [6.07, 6.45) is 0. The lowest BCUT2D eigenvalue weighted by atomic mass is 10.2. The quantitative estimate of drug-likeness (QED) is 0.684. The van der Waals surface area contributed by atoms with Crippen LogP contribution in [0.2, 0.25) is 0 Å². The van der Waals surface area contributed by atoms with Crippen molar-refractivity contribution in [2.75, 3.05) is 5.73 Å². The number of halogens is 3. The number of hydrogen-bond acceptors (Lipinski definition) is 3. The highest BCUT2D eigenvalue weighted by Crippen LogP contribution is 2.26. The lowest BCUT2D eigenvalue weighted by molar-refractivity contribution is 0.294. The van der Waals surface area contributed by atoms with Crippen LogP contribution < -0.4 is 10.5 Å².